The Morgan fingerprint density at radius 3 is 2.93 bits per heavy atom. The number of H-pyrrole nitrogens is 1. The Kier molecular flexibility index (Phi) is 1.54. The van der Waals surface area contributed by atoms with E-state index < -0.39 is 0 Å². The summed E-state index contributed by atoms with van der Waals surface area (Å²) in [7, 11) is 0. The van der Waals surface area contributed by atoms with Crippen LogP contribution in [0.2, 0.25) is 0 Å². The maximum Gasteiger partial charge on any atom is 0.0670 e. The summed E-state index contributed by atoms with van der Waals surface area (Å²) in [5, 5.41) is 8.46. The van der Waals surface area contributed by atoms with Gasteiger partial charge in [0.25, 0.3) is 0 Å². The summed E-state index contributed by atoms with van der Waals surface area (Å²) in [5.74, 6) is 0. The standard InChI is InChI=1S/C11H13N3/c1-8-10-7-9(14-5-2-6-14)3-4-11(10)13-12-8/h3-4,7H,2,5-6H2,1H3,(H,12,13). The van der Waals surface area contributed by atoms with Crippen LogP contribution in [0.5, 0.6) is 0 Å². The number of hydrogen-bond donors (Lipinski definition) is 1. The van der Waals surface area contributed by atoms with Gasteiger partial charge < -0.3 is 4.90 Å². The minimum Gasteiger partial charge on any atom is -0.371 e. The number of aryl methyl sites for hydroxylation is 1. The zero-order valence-corrected chi connectivity index (χ0v) is 8.25. The lowest BCUT2D eigenvalue weighted by Gasteiger charge is -2.33. The van der Waals surface area contributed by atoms with Gasteiger partial charge in [0.15, 0.2) is 0 Å². The summed E-state index contributed by atoms with van der Waals surface area (Å²) in [5.41, 5.74) is 3.54. The lowest BCUT2D eigenvalue weighted by atomic mass is 10.1. The molecule has 1 fully saturated rings. The van der Waals surface area contributed by atoms with E-state index in [1.807, 2.05) is 6.92 Å². The normalized spacial score (nSPS) is 15.9. The third-order valence-electron chi connectivity index (χ3n) is 2.96. The van der Waals surface area contributed by atoms with Crippen LogP contribution in [-0.4, -0.2) is 23.3 Å². The molecule has 0 radical (unpaired) electrons. The van der Waals surface area contributed by atoms with Crippen molar-refractivity contribution in [2.24, 2.45) is 0 Å². The fourth-order valence-corrected chi connectivity index (χ4v) is 1.90. The van der Waals surface area contributed by atoms with Crippen molar-refractivity contribution in [3.63, 3.8) is 0 Å². The number of fused-ring (bicyclic) bond motifs is 1. The summed E-state index contributed by atoms with van der Waals surface area (Å²) in [6.45, 7) is 4.43. The van der Waals surface area contributed by atoms with Crippen LogP contribution in [0.1, 0.15) is 12.1 Å². The summed E-state index contributed by atoms with van der Waals surface area (Å²) in [6, 6.07) is 6.51. The van der Waals surface area contributed by atoms with Crippen LogP contribution in [0, 0.1) is 6.92 Å². The van der Waals surface area contributed by atoms with Gasteiger partial charge in [-0.15, -0.1) is 0 Å². The number of nitrogens with zero attached hydrogens (tertiary/aromatic N) is 2. The summed E-state index contributed by atoms with van der Waals surface area (Å²) in [6.07, 6.45) is 1.32. The highest BCUT2D eigenvalue weighted by molar-refractivity contribution is 5.84. The maximum atomic E-state index is 4.20. The predicted octanol–water partition coefficient (Wildman–Crippen LogP) is 2.08. The molecule has 0 unspecified atom stereocenters. The Morgan fingerprint density at radius 1 is 1.36 bits per heavy atom. The van der Waals surface area contributed by atoms with Crippen LogP contribution in [-0.2, 0) is 0 Å². The molecule has 0 saturated carbocycles. The largest absolute Gasteiger partial charge is 0.371 e. The van der Waals surface area contributed by atoms with E-state index in [9.17, 15) is 0 Å². The Balaban J connectivity index is 2.13. The number of rotatable bonds is 1. The first-order chi connectivity index (χ1) is 6.84. The van der Waals surface area contributed by atoms with Crippen LogP contribution in [0.25, 0.3) is 10.9 Å². The first kappa shape index (κ1) is 7.85. The van der Waals surface area contributed by atoms with Crippen LogP contribution >= 0.6 is 0 Å². The maximum absolute atomic E-state index is 4.20. The Bertz CT molecular complexity index is 468. The lowest BCUT2D eigenvalue weighted by molar-refractivity contribution is 0.618. The molecule has 72 valence electrons. The van der Waals surface area contributed by atoms with Gasteiger partial charge in [-0.05, 0) is 31.5 Å². The van der Waals surface area contributed by atoms with Crippen molar-refractivity contribution in [1.82, 2.24) is 10.2 Å². The van der Waals surface area contributed by atoms with Crippen molar-refractivity contribution in [1.29, 1.82) is 0 Å². The van der Waals surface area contributed by atoms with Gasteiger partial charge in [0.2, 0.25) is 0 Å². The molecule has 1 N–H and O–H groups in total. The molecular weight excluding hydrogens is 174 g/mol. The quantitative estimate of drug-likeness (QED) is 0.741. The number of aromatic nitrogens is 2. The van der Waals surface area contributed by atoms with Gasteiger partial charge in [0.05, 0.1) is 11.2 Å². The molecule has 0 aliphatic carbocycles. The van der Waals surface area contributed by atoms with Crippen LogP contribution in [0.15, 0.2) is 18.2 Å². The molecule has 1 aromatic heterocycles. The SMILES string of the molecule is Cc1n[nH]c2ccc(N3CCC3)cc12. The second-order valence-corrected chi connectivity index (χ2v) is 3.88. The molecule has 3 heteroatoms. The van der Waals surface area contributed by atoms with E-state index in [1.54, 1.807) is 0 Å². The molecule has 0 bridgehead atoms. The smallest absolute Gasteiger partial charge is 0.0670 e. The average molecular weight is 187 g/mol. The molecule has 0 spiro atoms. The molecule has 1 aromatic carbocycles. The van der Waals surface area contributed by atoms with E-state index in [4.69, 9.17) is 0 Å². The molecule has 1 aliphatic heterocycles. The molecule has 1 saturated heterocycles. The fourth-order valence-electron chi connectivity index (χ4n) is 1.90. The topological polar surface area (TPSA) is 31.9 Å². The predicted molar refractivity (Wildman–Crippen MR) is 57.7 cm³/mol. The highest BCUT2D eigenvalue weighted by Crippen LogP contribution is 2.25. The molecule has 1 aliphatic rings. The van der Waals surface area contributed by atoms with Crippen LogP contribution in [0.4, 0.5) is 5.69 Å². The van der Waals surface area contributed by atoms with Crippen molar-refractivity contribution in [3.05, 3.63) is 23.9 Å². The van der Waals surface area contributed by atoms with E-state index in [2.05, 4.69) is 33.3 Å². The first-order valence-electron chi connectivity index (χ1n) is 5.04. The van der Waals surface area contributed by atoms with E-state index in [0.29, 0.717) is 0 Å². The van der Waals surface area contributed by atoms with Crippen molar-refractivity contribution in [2.45, 2.75) is 13.3 Å². The van der Waals surface area contributed by atoms with Crippen molar-refractivity contribution in [3.8, 4) is 0 Å². The van der Waals surface area contributed by atoms with E-state index in [0.717, 1.165) is 11.2 Å². The van der Waals surface area contributed by atoms with Gasteiger partial charge in [-0.3, -0.25) is 5.10 Å². The molecule has 2 aromatic rings. The number of nitrogens with one attached hydrogen (secondary N) is 1. The van der Waals surface area contributed by atoms with Gasteiger partial charge in [-0.25, -0.2) is 0 Å². The number of benzene rings is 1. The number of aromatic amines is 1. The molecular formula is C11H13N3. The molecule has 0 amide bonds. The Morgan fingerprint density at radius 2 is 2.21 bits per heavy atom. The van der Waals surface area contributed by atoms with E-state index in [1.165, 1.54) is 30.6 Å². The minimum absolute atomic E-state index is 1.09. The molecule has 14 heavy (non-hydrogen) atoms. The zero-order chi connectivity index (χ0) is 9.54. The van der Waals surface area contributed by atoms with Crippen molar-refractivity contribution < 1.29 is 0 Å². The van der Waals surface area contributed by atoms with Gasteiger partial charge in [-0.2, -0.15) is 5.10 Å². The summed E-state index contributed by atoms with van der Waals surface area (Å²) >= 11 is 0. The summed E-state index contributed by atoms with van der Waals surface area (Å²) < 4.78 is 0. The molecule has 2 heterocycles. The van der Waals surface area contributed by atoms with Crippen molar-refractivity contribution in [2.75, 3.05) is 18.0 Å². The van der Waals surface area contributed by atoms with E-state index in [-0.39, 0.29) is 0 Å². The number of anilines is 1. The van der Waals surface area contributed by atoms with Gasteiger partial charge in [0, 0.05) is 24.2 Å². The zero-order valence-electron chi connectivity index (χ0n) is 8.25. The lowest BCUT2D eigenvalue weighted by Crippen LogP contribution is -2.36. The van der Waals surface area contributed by atoms with Gasteiger partial charge in [0.1, 0.15) is 0 Å². The second-order valence-electron chi connectivity index (χ2n) is 3.88. The second kappa shape index (κ2) is 2.74. The van der Waals surface area contributed by atoms with Crippen LogP contribution in [0.3, 0.4) is 0 Å². The van der Waals surface area contributed by atoms with Gasteiger partial charge >= 0.3 is 0 Å². The third kappa shape index (κ3) is 1.02. The molecule has 3 rings (SSSR count). The molecule has 0 atom stereocenters. The Labute approximate surface area is 82.7 Å². The highest BCUT2D eigenvalue weighted by atomic mass is 15.2. The minimum atomic E-state index is 1.09. The average Bonchev–Trinajstić information content (AvgIpc) is 2.45. The molecule has 3 nitrogen and oxygen atoms in total. The number of hydrogen-bond acceptors (Lipinski definition) is 2. The Hall–Kier alpha value is -1.51. The van der Waals surface area contributed by atoms with E-state index >= 15 is 0 Å². The van der Waals surface area contributed by atoms with Gasteiger partial charge in [-0.1, -0.05) is 0 Å². The first-order valence-corrected chi connectivity index (χ1v) is 5.04. The fraction of sp³-hybridized carbons (Fsp3) is 0.364. The monoisotopic (exact) mass is 187 g/mol. The highest BCUT2D eigenvalue weighted by Gasteiger charge is 2.15. The van der Waals surface area contributed by atoms with Crippen LogP contribution < -0.4 is 4.90 Å². The summed E-state index contributed by atoms with van der Waals surface area (Å²) in [4.78, 5) is 2.39. The third-order valence-corrected chi connectivity index (χ3v) is 2.96. The van der Waals surface area contributed by atoms with Crippen molar-refractivity contribution >= 4 is 16.6 Å².